The van der Waals surface area contributed by atoms with E-state index in [1.807, 2.05) is 12.1 Å². The quantitative estimate of drug-likeness (QED) is 0.528. The van der Waals surface area contributed by atoms with E-state index in [-0.39, 0.29) is 5.75 Å². The van der Waals surface area contributed by atoms with Crippen LogP contribution < -0.4 is 4.74 Å². The van der Waals surface area contributed by atoms with Crippen LogP contribution in [0.1, 0.15) is 0 Å². The Morgan fingerprint density at radius 1 is 0.833 bits per heavy atom. The molecule has 94 valence electrons. The zero-order valence-electron chi connectivity index (χ0n) is 8.75. The van der Waals surface area contributed by atoms with Gasteiger partial charge in [0.25, 0.3) is 0 Å². The summed E-state index contributed by atoms with van der Waals surface area (Å²) < 4.78 is 8.98. The minimum Gasteiger partial charge on any atom is -0.504 e. The summed E-state index contributed by atoms with van der Waals surface area (Å²) in [5.74, 6) is 1.07. The maximum atomic E-state index is 9.79. The van der Waals surface area contributed by atoms with Crippen molar-refractivity contribution in [2.75, 3.05) is 0 Å². The number of hydrogen-bond donors (Lipinski definition) is 1. The average Bonchev–Trinajstić information content (AvgIpc) is 2.25. The van der Waals surface area contributed by atoms with Crippen molar-refractivity contribution in [3.8, 4) is 17.2 Å². The Bertz CT molecular complexity index is 576. The predicted octanol–water partition coefficient (Wildman–Crippen LogP) is 6.23. The van der Waals surface area contributed by atoms with Gasteiger partial charge in [0, 0.05) is 8.95 Å². The first kappa shape index (κ1) is 14.4. The van der Waals surface area contributed by atoms with Gasteiger partial charge < -0.3 is 9.84 Å². The lowest BCUT2D eigenvalue weighted by atomic mass is 10.3. The molecule has 0 aliphatic rings. The fourth-order valence-corrected chi connectivity index (χ4v) is 4.08. The van der Waals surface area contributed by atoms with Crippen molar-refractivity contribution >= 4 is 63.7 Å². The Balaban J connectivity index is 2.40. The van der Waals surface area contributed by atoms with Crippen LogP contribution in [0.3, 0.4) is 0 Å². The summed E-state index contributed by atoms with van der Waals surface area (Å²) in [6.07, 6.45) is 0. The molecule has 0 heterocycles. The molecule has 0 aliphatic carbocycles. The minimum absolute atomic E-state index is 0.0751. The van der Waals surface area contributed by atoms with Gasteiger partial charge in [-0.25, -0.2) is 0 Å². The highest BCUT2D eigenvalue weighted by Crippen LogP contribution is 2.41. The van der Waals surface area contributed by atoms with Crippen LogP contribution in [0.25, 0.3) is 0 Å². The second kappa shape index (κ2) is 5.94. The normalized spacial score (nSPS) is 10.4. The molecule has 1 N–H and O–H groups in total. The first-order chi connectivity index (χ1) is 8.47. The fourth-order valence-electron chi connectivity index (χ4n) is 1.31. The van der Waals surface area contributed by atoms with E-state index in [1.165, 1.54) is 0 Å². The van der Waals surface area contributed by atoms with Crippen molar-refractivity contribution in [1.82, 2.24) is 0 Å². The molecule has 0 spiro atoms. The van der Waals surface area contributed by atoms with E-state index >= 15 is 0 Å². The molecule has 0 fully saturated rings. The van der Waals surface area contributed by atoms with Gasteiger partial charge in [0.05, 0.1) is 8.95 Å². The van der Waals surface area contributed by atoms with Crippen LogP contribution >= 0.6 is 63.7 Å². The third kappa shape index (κ3) is 3.29. The topological polar surface area (TPSA) is 29.5 Å². The molecule has 0 amide bonds. The highest BCUT2D eigenvalue weighted by Gasteiger charge is 2.12. The second-order valence-electron chi connectivity index (χ2n) is 3.41. The molecule has 0 atom stereocenters. The lowest BCUT2D eigenvalue weighted by Crippen LogP contribution is -1.88. The van der Waals surface area contributed by atoms with E-state index in [1.54, 1.807) is 18.2 Å². The number of rotatable bonds is 2. The summed E-state index contributed by atoms with van der Waals surface area (Å²) >= 11 is 13.5. The maximum absolute atomic E-state index is 9.79. The smallest absolute Gasteiger partial charge is 0.169 e. The van der Waals surface area contributed by atoms with Crippen LogP contribution in [0.4, 0.5) is 0 Å². The molecule has 0 unspecified atom stereocenters. The van der Waals surface area contributed by atoms with Gasteiger partial charge in [-0.2, -0.15) is 0 Å². The molecule has 0 aliphatic heterocycles. The summed E-state index contributed by atoms with van der Waals surface area (Å²) in [5.41, 5.74) is 0. The standard InChI is InChI=1S/C12H6Br4O2/c13-6-1-2-11(10(17)5-6)18-12-8(15)3-7(14)4-9(12)16/h1-5,17H. The number of aromatic hydroxyl groups is 1. The molecule has 2 aromatic carbocycles. The molecule has 2 rings (SSSR count). The van der Waals surface area contributed by atoms with Crippen LogP contribution in [-0.2, 0) is 0 Å². The molecule has 2 aromatic rings. The number of hydrogen-bond acceptors (Lipinski definition) is 2. The van der Waals surface area contributed by atoms with Gasteiger partial charge in [0.1, 0.15) is 0 Å². The van der Waals surface area contributed by atoms with E-state index in [0.717, 1.165) is 17.9 Å². The Labute approximate surface area is 138 Å². The van der Waals surface area contributed by atoms with E-state index in [0.29, 0.717) is 11.5 Å². The SMILES string of the molecule is Oc1cc(Br)ccc1Oc1c(Br)cc(Br)cc1Br. The summed E-state index contributed by atoms with van der Waals surface area (Å²) in [6.45, 7) is 0. The molecule has 2 nitrogen and oxygen atoms in total. The third-order valence-corrected chi connectivity index (χ3v) is 4.23. The van der Waals surface area contributed by atoms with Crippen molar-refractivity contribution in [2.24, 2.45) is 0 Å². The zero-order valence-corrected chi connectivity index (χ0v) is 15.1. The number of phenols is 1. The Hall–Kier alpha value is -0.0400. The van der Waals surface area contributed by atoms with Crippen molar-refractivity contribution in [2.45, 2.75) is 0 Å². The summed E-state index contributed by atoms with van der Waals surface area (Å²) in [7, 11) is 0. The molecule has 0 bridgehead atoms. The molecule has 6 heteroatoms. The summed E-state index contributed by atoms with van der Waals surface area (Å²) in [4.78, 5) is 0. The summed E-state index contributed by atoms with van der Waals surface area (Å²) in [5, 5.41) is 9.79. The van der Waals surface area contributed by atoms with Crippen LogP contribution in [0.2, 0.25) is 0 Å². The van der Waals surface area contributed by atoms with Crippen molar-refractivity contribution in [3.63, 3.8) is 0 Å². The molecule has 0 saturated carbocycles. The number of phenolic OH excluding ortho intramolecular Hbond substituents is 1. The van der Waals surface area contributed by atoms with Crippen LogP contribution in [0, 0.1) is 0 Å². The van der Waals surface area contributed by atoms with Crippen molar-refractivity contribution < 1.29 is 9.84 Å². The highest BCUT2D eigenvalue weighted by molar-refractivity contribution is 9.11. The van der Waals surface area contributed by atoms with Crippen LogP contribution in [0.15, 0.2) is 48.2 Å². The first-order valence-corrected chi connectivity index (χ1v) is 7.95. The van der Waals surface area contributed by atoms with Crippen molar-refractivity contribution in [3.05, 3.63) is 48.2 Å². The average molecular weight is 502 g/mol. The zero-order chi connectivity index (χ0) is 13.3. The van der Waals surface area contributed by atoms with Gasteiger partial charge in [-0.3, -0.25) is 0 Å². The number of ether oxygens (including phenoxy) is 1. The largest absolute Gasteiger partial charge is 0.504 e. The first-order valence-electron chi connectivity index (χ1n) is 4.78. The second-order valence-corrected chi connectivity index (χ2v) is 6.95. The van der Waals surface area contributed by atoms with Crippen LogP contribution in [0.5, 0.6) is 17.2 Å². The van der Waals surface area contributed by atoms with Gasteiger partial charge in [-0.1, -0.05) is 31.9 Å². The van der Waals surface area contributed by atoms with Crippen LogP contribution in [-0.4, -0.2) is 5.11 Å². The maximum Gasteiger partial charge on any atom is 0.169 e. The molecular formula is C12H6Br4O2. The van der Waals surface area contributed by atoms with Gasteiger partial charge in [0.15, 0.2) is 17.2 Å². The molecule has 0 aromatic heterocycles. The fraction of sp³-hybridized carbons (Fsp3) is 0. The Kier molecular flexibility index (Phi) is 4.75. The van der Waals surface area contributed by atoms with Gasteiger partial charge in [0.2, 0.25) is 0 Å². The molecular weight excluding hydrogens is 496 g/mol. The number of benzene rings is 2. The molecule has 0 saturated heterocycles. The Morgan fingerprint density at radius 3 is 2.00 bits per heavy atom. The monoisotopic (exact) mass is 498 g/mol. The lowest BCUT2D eigenvalue weighted by molar-refractivity contribution is 0.408. The predicted molar refractivity (Wildman–Crippen MR) is 85.4 cm³/mol. The minimum atomic E-state index is 0.0751. The third-order valence-electron chi connectivity index (χ3n) is 2.10. The van der Waals surface area contributed by atoms with E-state index < -0.39 is 0 Å². The number of halogens is 4. The molecule has 18 heavy (non-hydrogen) atoms. The molecule has 0 radical (unpaired) electrons. The van der Waals surface area contributed by atoms with E-state index in [4.69, 9.17) is 4.74 Å². The lowest BCUT2D eigenvalue weighted by Gasteiger charge is -2.11. The highest BCUT2D eigenvalue weighted by atomic mass is 79.9. The van der Waals surface area contributed by atoms with E-state index in [2.05, 4.69) is 63.7 Å². The van der Waals surface area contributed by atoms with Crippen molar-refractivity contribution in [1.29, 1.82) is 0 Å². The summed E-state index contributed by atoms with van der Waals surface area (Å²) in [6, 6.07) is 8.82. The van der Waals surface area contributed by atoms with Gasteiger partial charge in [-0.05, 0) is 62.2 Å². The van der Waals surface area contributed by atoms with Gasteiger partial charge >= 0.3 is 0 Å². The van der Waals surface area contributed by atoms with E-state index in [9.17, 15) is 5.11 Å². The Morgan fingerprint density at radius 2 is 1.44 bits per heavy atom. The van der Waals surface area contributed by atoms with Gasteiger partial charge in [-0.15, -0.1) is 0 Å².